The number of nitrogens with one attached hydrogen (secondary N) is 1. The average molecular weight is 406 g/mol. The predicted octanol–water partition coefficient (Wildman–Crippen LogP) is 2.53. The summed E-state index contributed by atoms with van der Waals surface area (Å²) in [5.41, 5.74) is -0.425. The molecule has 1 unspecified atom stereocenters. The van der Waals surface area contributed by atoms with E-state index in [9.17, 15) is 14.0 Å². The molecule has 1 N–H and O–H groups in total. The minimum absolute atomic E-state index is 0.0244. The first-order chi connectivity index (χ1) is 12.0. The lowest BCUT2D eigenvalue weighted by atomic mass is 10.2. The number of aromatic nitrogens is 4. The van der Waals surface area contributed by atoms with Crippen LogP contribution in [0.4, 0.5) is 10.1 Å². The molecule has 9 heteroatoms. The van der Waals surface area contributed by atoms with Gasteiger partial charge >= 0.3 is 0 Å². The quantitative estimate of drug-likeness (QED) is 0.722. The highest BCUT2D eigenvalue weighted by molar-refractivity contribution is 9.10. The van der Waals surface area contributed by atoms with Crippen molar-refractivity contribution >= 4 is 27.5 Å². The van der Waals surface area contributed by atoms with Crippen LogP contribution in [0.15, 0.2) is 58.1 Å². The Hall–Kier alpha value is -2.81. The molecule has 0 aliphatic carbocycles. The fourth-order valence-corrected chi connectivity index (χ4v) is 2.49. The Morgan fingerprint density at radius 3 is 2.80 bits per heavy atom. The lowest BCUT2D eigenvalue weighted by Crippen LogP contribution is -2.33. The molecule has 0 spiro atoms. The summed E-state index contributed by atoms with van der Waals surface area (Å²) in [7, 11) is 0. The van der Waals surface area contributed by atoms with Crippen LogP contribution in [0, 0.1) is 5.82 Å². The molecule has 7 nitrogen and oxygen atoms in total. The molecule has 0 aliphatic rings. The summed E-state index contributed by atoms with van der Waals surface area (Å²) in [6.45, 7) is 1.51. The van der Waals surface area contributed by atoms with Gasteiger partial charge in [-0.1, -0.05) is 15.9 Å². The minimum atomic E-state index is -0.939. The number of carbonyl (C=O) groups excluding carboxylic acids is 1. The zero-order valence-electron chi connectivity index (χ0n) is 13.1. The summed E-state index contributed by atoms with van der Waals surface area (Å²) >= 11 is 3.15. The lowest BCUT2D eigenvalue weighted by Gasteiger charge is -2.15. The lowest BCUT2D eigenvalue weighted by molar-refractivity contribution is -0.119. The smallest absolute Gasteiger partial charge is 0.267 e. The van der Waals surface area contributed by atoms with E-state index in [1.807, 2.05) is 0 Å². The van der Waals surface area contributed by atoms with E-state index in [-0.39, 0.29) is 5.69 Å². The Morgan fingerprint density at radius 1 is 1.32 bits per heavy atom. The molecular weight excluding hydrogens is 393 g/mol. The normalized spacial score (nSPS) is 12.0. The standard InChI is InChI=1S/C16H13BrFN5O2/c1-10(16(25)20-13-4-3-11(17)9-12(13)18)23-15(24)6-5-14(21-23)22-8-2-7-19-22/h2-10H,1H3,(H,20,25). The summed E-state index contributed by atoms with van der Waals surface area (Å²) in [6, 6.07) is 7.85. The number of nitrogens with zero attached hydrogens (tertiary/aromatic N) is 4. The molecular formula is C16H13BrFN5O2. The van der Waals surface area contributed by atoms with Crippen LogP contribution in [-0.2, 0) is 4.79 Å². The van der Waals surface area contributed by atoms with Gasteiger partial charge in [0.1, 0.15) is 11.9 Å². The van der Waals surface area contributed by atoms with E-state index in [4.69, 9.17) is 0 Å². The Morgan fingerprint density at radius 2 is 2.12 bits per heavy atom. The Kier molecular flexibility index (Phi) is 4.75. The SMILES string of the molecule is CC(C(=O)Nc1ccc(Br)cc1F)n1nc(-n2cccn2)ccc1=O. The van der Waals surface area contributed by atoms with Gasteiger partial charge in [0.15, 0.2) is 5.82 Å². The molecule has 0 aliphatic heterocycles. The summed E-state index contributed by atoms with van der Waals surface area (Å²) in [5, 5.41) is 10.6. The molecule has 2 heterocycles. The summed E-state index contributed by atoms with van der Waals surface area (Å²) in [6.07, 6.45) is 3.24. The molecule has 2 aromatic heterocycles. The second kappa shape index (κ2) is 6.98. The van der Waals surface area contributed by atoms with Gasteiger partial charge in [0.2, 0.25) is 5.91 Å². The van der Waals surface area contributed by atoms with Crippen LogP contribution in [0.3, 0.4) is 0 Å². The van der Waals surface area contributed by atoms with Crippen LogP contribution < -0.4 is 10.9 Å². The molecule has 0 fully saturated rings. The van der Waals surface area contributed by atoms with E-state index in [1.165, 1.54) is 35.9 Å². The largest absolute Gasteiger partial charge is 0.322 e. The molecule has 25 heavy (non-hydrogen) atoms. The first kappa shape index (κ1) is 17.0. The second-order valence-electron chi connectivity index (χ2n) is 5.21. The number of anilines is 1. The second-order valence-corrected chi connectivity index (χ2v) is 6.13. The van der Waals surface area contributed by atoms with E-state index in [1.54, 1.807) is 24.5 Å². The number of benzene rings is 1. The predicted molar refractivity (Wildman–Crippen MR) is 93.1 cm³/mol. The Labute approximate surface area is 150 Å². The topological polar surface area (TPSA) is 81.8 Å². The Balaban J connectivity index is 1.87. The minimum Gasteiger partial charge on any atom is -0.322 e. The average Bonchev–Trinajstić information content (AvgIpc) is 3.11. The van der Waals surface area contributed by atoms with Crippen LogP contribution in [0.25, 0.3) is 5.82 Å². The molecule has 3 rings (SSSR count). The molecule has 0 bridgehead atoms. The van der Waals surface area contributed by atoms with Crippen LogP contribution in [-0.4, -0.2) is 25.5 Å². The monoisotopic (exact) mass is 405 g/mol. The number of rotatable bonds is 4. The van der Waals surface area contributed by atoms with Gasteiger partial charge < -0.3 is 5.32 Å². The van der Waals surface area contributed by atoms with Crippen molar-refractivity contribution < 1.29 is 9.18 Å². The van der Waals surface area contributed by atoms with E-state index in [0.29, 0.717) is 10.3 Å². The molecule has 128 valence electrons. The number of hydrogen-bond acceptors (Lipinski definition) is 4. The van der Waals surface area contributed by atoms with Crippen molar-refractivity contribution in [3.8, 4) is 5.82 Å². The van der Waals surface area contributed by atoms with Crippen LogP contribution in [0.5, 0.6) is 0 Å². The van der Waals surface area contributed by atoms with Gasteiger partial charge in [-0.05, 0) is 37.3 Å². The van der Waals surface area contributed by atoms with Crippen molar-refractivity contribution in [2.45, 2.75) is 13.0 Å². The van der Waals surface area contributed by atoms with Gasteiger partial charge in [-0.3, -0.25) is 9.59 Å². The highest BCUT2D eigenvalue weighted by Gasteiger charge is 2.19. The fourth-order valence-electron chi connectivity index (χ4n) is 2.16. The molecule has 1 aromatic carbocycles. The van der Waals surface area contributed by atoms with Crippen LogP contribution in [0.1, 0.15) is 13.0 Å². The number of halogens is 2. The summed E-state index contributed by atoms with van der Waals surface area (Å²) < 4.78 is 16.9. The van der Waals surface area contributed by atoms with Gasteiger partial charge in [-0.15, -0.1) is 5.10 Å². The van der Waals surface area contributed by atoms with E-state index in [0.717, 1.165) is 4.68 Å². The highest BCUT2D eigenvalue weighted by Crippen LogP contribution is 2.20. The highest BCUT2D eigenvalue weighted by atomic mass is 79.9. The van der Waals surface area contributed by atoms with Gasteiger partial charge in [0.25, 0.3) is 5.56 Å². The number of carbonyl (C=O) groups is 1. The molecule has 0 saturated heterocycles. The third kappa shape index (κ3) is 3.66. The van der Waals surface area contributed by atoms with E-state index >= 15 is 0 Å². The van der Waals surface area contributed by atoms with Crippen molar-refractivity contribution in [3.05, 3.63) is 69.4 Å². The molecule has 1 amide bonds. The summed E-state index contributed by atoms with van der Waals surface area (Å²) in [4.78, 5) is 24.4. The Bertz CT molecular complexity index is 971. The molecule has 3 aromatic rings. The van der Waals surface area contributed by atoms with Crippen LogP contribution in [0.2, 0.25) is 0 Å². The zero-order valence-corrected chi connectivity index (χ0v) is 14.6. The maximum Gasteiger partial charge on any atom is 0.267 e. The first-order valence-corrected chi connectivity index (χ1v) is 8.11. The summed E-state index contributed by atoms with van der Waals surface area (Å²) in [5.74, 6) is -0.756. The third-order valence-electron chi connectivity index (χ3n) is 3.49. The maximum atomic E-state index is 13.9. The molecule has 1 atom stereocenters. The van der Waals surface area contributed by atoms with Gasteiger partial charge in [0, 0.05) is 22.9 Å². The van der Waals surface area contributed by atoms with Crippen molar-refractivity contribution in [3.63, 3.8) is 0 Å². The maximum absolute atomic E-state index is 13.9. The van der Waals surface area contributed by atoms with Crippen LogP contribution >= 0.6 is 15.9 Å². The fraction of sp³-hybridized carbons (Fsp3) is 0.125. The molecule has 0 saturated carbocycles. The third-order valence-corrected chi connectivity index (χ3v) is 3.98. The van der Waals surface area contributed by atoms with E-state index in [2.05, 4.69) is 31.4 Å². The van der Waals surface area contributed by atoms with Crippen molar-refractivity contribution in [2.75, 3.05) is 5.32 Å². The van der Waals surface area contributed by atoms with Gasteiger partial charge in [-0.2, -0.15) is 5.10 Å². The van der Waals surface area contributed by atoms with Crippen molar-refractivity contribution in [2.24, 2.45) is 0 Å². The van der Waals surface area contributed by atoms with Gasteiger partial charge in [0.05, 0.1) is 5.69 Å². The van der Waals surface area contributed by atoms with E-state index < -0.39 is 23.3 Å². The van der Waals surface area contributed by atoms with Gasteiger partial charge in [-0.25, -0.2) is 13.8 Å². The first-order valence-electron chi connectivity index (χ1n) is 7.31. The number of amides is 1. The number of hydrogen-bond donors (Lipinski definition) is 1. The molecule has 0 radical (unpaired) electrons. The van der Waals surface area contributed by atoms with Crippen molar-refractivity contribution in [1.29, 1.82) is 0 Å². The van der Waals surface area contributed by atoms with Crippen molar-refractivity contribution in [1.82, 2.24) is 19.6 Å². The zero-order chi connectivity index (χ0) is 18.0.